The average molecular weight is 484 g/mol. The number of ether oxygens (including phenoxy) is 2. The molecule has 0 saturated carbocycles. The van der Waals surface area contributed by atoms with Gasteiger partial charge in [0.1, 0.15) is 5.75 Å². The van der Waals surface area contributed by atoms with Crippen LogP contribution in [-0.2, 0) is 32.4 Å². The second-order valence-corrected chi connectivity index (χ2v) is 10.3. The predicted molar refractivity (Wildman–Crippen MR) is 134 cm³/mol. The third kappa shape index (κ3) is 6.36. The lowest BCUT2D eigenvalue weighted by Crippen LogP contribution is -2.26. The third-order valence-corrected chi connectivity index (χ3v) is 7.28. The molecule has 0 heterocycles. The van der Waals surface area contributed by atoms with E-state index in [1.165, 1.54) is 12.7 Å². The summed E-state index contributed by atoms with van der Waals surface area (Å²) in [7, 11) is -2.37. The number of benzene rings is 1. The largest absolute Gasteiger partial charge is 0.482 e. The topological polar surface area (TPSA) is 81.7 Å². The molecule has 0 fully saturated rings. The lowest BCUT2D eigenvalue weighted by Gasteiger charge is -2.08. The smallest absolute Gasteiger partial charge is 0.343 e. The van der Waals surface area contributed by atoms with Gasteiger partial charge in [-0.25, -0.2) is 17.9 Å². The minimum Gasteiger partial charge on any atom is -0.482 e. The third-order valence-electron chi connectivity index (χ3n) is 5.78. The van der Waals surface area contributed by atoms with E-state index in [2.05, 4.69) is 42.4 Å². The number of carbonyl (C=O) groups excluding carboxylic acids is 1. The first-order chi connectivity index (χ1) is 16.2. The van der Waals surface area contributed by atoms with Crippen LogP contribution in [0.25, 0.3) is 11.1 Å². The van der Waals surface area contributed by atoms with Crippen LogP contribution in [0.1, 0.15) is 49.8 Å². The van der Waals surface area contributed by atoms with Crippen LogP contribution in [0, 0.1) is 0 Å². The monoisotopic (exact) mass is 483 g/mol. The van der Waals surface area contributed by atoms with E-state index in [0.717, 1.165) is 35.1 Å². The van der Waals surface area contributed by atoms with Crippen LogP contribution >= 0.6 is 0 Å². The molecule has 1 N–H and O–H groups in total. The quantitative estimate of drug-likeness (QED) is 0.391. The van der Waals surface area contributed by atoms with Crippen molar-refractivity contribution in [3.05, 3.63) is 71.3 Å². The van der Waals surface area contributed by atoms with Crippen LogP contribution in [0.15, 0.2) is 59.5 Å². The Hall–Kier alpha value is -2.90. The van der Waals surface area contributed by atoms with E-state index in [1.807, 2.05) is 30.3 Å². The molecule has 0 aromatic heterocycles. The molecular formula is C27H33NO5S. The fourth-order valence-electron chi connectivity index (χ4n) is 3.85. The zero-order valence-electron chi connectivity index (χ0n) is 20.3. The Bertz CT molecular complexity index is 1190. The summed E-state index contributed by atoms with van der Waals surface area (Å²) < 4.78 is 39.1. The molecule has 3 rings (SSSR count). The molecule has 2 aliphatic carbocycles. The number of esters is 1. The Morgan fingerprint density at radius 2 is 1.65 bits per heavy atom. The molecule has 0 atom stereocenters. The van der Waals surface area contributed by atoms with Crippen LogP contribution in [0.3, 0.4) is 0 Å². The van der Waals surface area contributed by atoms with Gasteiger partial charge in [-0.15, -0.1) is 0 Å². The molecule has 1 aromatic carbocycles. The number of sulfonamides is 1. The van der Waals surface area contributed by atoms with E-state index in [9.17, 15) is 13.2 Å². The van der Waals surface area contributed by atoms with E-state index >= 15 is 0 Å². The maximum atomic E-state index is 13.2. The van der Waals surface area contributed by atoms with E-state index in [-0.39, 0.29) is 13.2 Å². The Labute approximate surface area is 202 Å². The summed E-state index contributed by atoms with van der Waals surface area (Å²) in [5, 5.41) is 0. The van der Waals surface area contributed by atoms with Crippen molar-refractivity contribution < 1.29 is 22.7 Å². The second kappa shape index (κ2) is 11.5. The van der Waals surface area contributed by atoms with Crippen molar-refractivity contribution in [1.29, 1.82) is 0 Å². The molecule has 0 radical (unpaired) electrons. The number of carbonyl (C=O) groups is 1. The number of nitrogens with one attached hydrogen (secondary N) is 1. The van der Waals surface area contributed by atoms with Gasteiger partial charge in [0.05, 0.1) is 12.0 Å². The van der Waals surface area contributed by atoms with Crippen molar-refractivity contribution in [3.8, 4) is 16.9 Å². The van der Waals surface area contributed by atoms with Crippen LogP contribution in [0.5, 0.6) is 5.75 Å². The summed E-state index contributed by atoms with van der Waals surface area (Å²) in [5.41, 5.74) is 4.95. The van der Waals surface area contributed by atoms with Gasteiger partial charge in [-0.2, -0.15) is 0 Å². The molecule has 34 heavy (non-hydrogen) atoms. The normalized spacial score (nSPS) is 11.7. The Kier molecular flexibility index (Phi) is 8.69. The van der Waals surface area contributed by atoms with Crippen molar-refractivity contribution in [2.45, 2.75) is 50.8 Å². The van der Waals surface area contributed by atoms with Gasteiger partial charge >= 0.3 is 5.97 Å². The summed E-state index contributed by atoms with van der Waals surface area (Å²) in [5.74, 6) is 0.464. The Balaban J connectivity index is 1.72. The first-order valence-corrected chi connectivity index (χ1v) is 13.1. The Morgan fingerprint density at radius 3 is 2.26 bits per heavy atom. The molecule has 0 saturated heterocycles. The number of hydrogen-bond donors (Lipinski definition) is 1. The first kappa shape index (κ1) is 25.7. The minimum absolute atomic E-state index is 0.153. The number of fused-ring (bicyclic) bond motifs is 1. The van der Waals surface area contributed by atoms with Gasteiger partial charge in [0.2, 0.25) is 10.0 Å². The molecule has 0 spiro atoms. The molecule has 7 heteroatoms. The van der Waals surface area contributed by atoms with Crippen molar-refractivity contribution in [3.63, 3.8) is 0 Å². The lowest BCUT2D eigenvalue weighted by atomic mass is 10.1. The van der Waals surface area contributed by atoms with Gasteiger partial charge < -0.3 is 9.47 Å². The van der Waals surface area contributed by atoms with Gasteiger partial charge in [0.15, 0.2) is 6.61 Å². The standard InChI is InChI=1S/C27H33NO5S/c1-5-6-22-17-26(25-14-10-21(19(2)3)9-13-24(22)25)34(30,31)28-16-15-20-7-11-23(12-8-20)33-18-27(29)32-4/h7-14,17,19,28H,5-6,15-16,18H2,1-4H3. The zero-order valence-corrected chi connectivity index (χ0v) is 21.1. The highest BCUT2D eigenvalue weighted by Crippen LogP contribution is 2.36. The molecule has 1 aromatic rings. The van der Waals surface area contributed by atoms with E-state index in [4.69, 9.17) is 4.74 Å². The predicted octanol–water partition coefficient (Wildman–Crippen LogP) is 4.94. The molecule has 0 aliphatic heterocycles. The first-order valence-electron chi connectivity index (χ1n) is 11.6. The van der Waals surface area contributed by atoms with E-state index < -0.39 is 16.0 Å². The van der Waals surface area contributed by atoms with E-state index in [1.54, 1.807) is 12.1 Å². The minimum atomic E-state index is -3.67. The highest BCUT2D eigenvalue weighted by atomic mass is 32.2. The van der Waals surface area contributed by atoms with Crippen molar-refractivity contribution in [2.75, 3.05) is 20.3 Å². The number of hydrogen-bond acceptors (Lipinski definition) is 5. The maximum absolute atomic E-state index is 13.2. The molecular weight excluding hydrogens is 450 g/mol. The zero-order chi connectivity index (χ0) is 24.7. The number of aryl methyl sites for hydroxylation is 1. The number of rotatable bonds is 11. The van der Waals surface area contributed by atoms with Crippen LogP contribution in [0.2, 0.25) is 0 Å². The van der Waals surface area contributed by atoms with Crippen molar-refractivity contribution in [2.24, 2.45) is 0 Å². The van der Waals surface area contributed by atoms with Crippen molar-refractivity contribution in [1.82, 2.24) is 4.72 Å². The average Bonchev–Trinajstić information content (AvgIpc) is 3.01. The van der Waals surface area contributed by atoms with Crippen LogP contribution in [0.4, 0.5) is 0 Å². The van der Waals surface area contributed by atoms with Gasteiger partial charge in [0, 0.05) is 12.1 Å². The van der Waals surface area contributed by atoms with Gasteiger partial charge in [-0.05, 0) is 59.2 Å². The maximum Gasteiger partial charge on any atom is 0.343 e. The van der Waals surface area contributed by atoms with Gasteiger partial charge in [-0.3, -0.25) is 0 Å². The summed E-state index contributed by atoms with van der Waals surface area (Å²) >= 11 is 0. The van der Waals surface area contributed by atoms with Gasteiger partial charge in [0.25, 0.3) is 0 Å². The summed E-state index contributed by atoms with van der Waals surface area (Å²) in [4.78, 5) is 11.5. The molecule has 0 unspecified atom stereocenters. The fourth-order valence-corrected chi connectivity index (χ4v) is 5.14. The van der Waals surface area contributed by atoms with Gasteiger partial charge in [-0.1, -0.05) is 63.6 Å². The summed E-state index contributed by atoms with van der Waals surface area (Å²) in [6, 6.07) is 17.1. The lowest BCUT2D eigenvalue weighted by molar-refractivity contribution is -0.142. The summed E-state index contributed by atoms with van der Waals surface area (Å²) in [6.45, 7) is 6.48. The molecule has 182 valence electrons. The second-order valence-electron chi connectivity index (χ2n) is 8.59. The van der Waals surface area contributed by atoms with Crippen LogP contribution in [-0.4, -0.2) is 34.6 Å². The molecule has 0 bridgehead atoms. The highest BCUT2D eigenvalue weighted by Gasteiger charge is 2.24. The highest BCUT2D eigenvalue weighted by molar-refractivity contribution is 7.89. The number of methoxy groups -OCH3 is 1. The molecule has 2 aliphatic rings. The van der Waals surface area contributed by atoms with E-state index in [0.29, 0.717) is 23.0 Å². The summed E-state index contributed by atoms with van der Waals surface area (Å²) in [6.07, 6.45) is 2.31. The molecule has 0 amide bonds. The SMILES string of the molecule is CCCc1cc(S(=O)(=O)NCCc2ccc(OCC(=O)OC)cc2)c2ccc(C(C)C)ccc1-2. The van der Waals surface area contributed by atoms with Crippen LogP contribution < -0.4 is 9.46 Å². The Morgan fingerprint density at radius 1 is 0.971 bits per heavy atom. The fraction of sp³-hybridized carbons (Fsp3) is 0.370. The molecule has 6 nitrogen and oxygen atoms in total. The van der Waals surface area contributed by atoms with Crippen molar-refractivity contribution >= 4 is 16.0 Å².